The standard InChI is InChI=1S/C25H31N5O6S/c1-17-6-2-3-7-21(17)37(34,35)30-20(24(32)33)16-28-23(31)19-14-25(36-29-19)11-9-18(10-12-25)15-27-22-8-4-5-13-26-22/h2-8,13,18,20,30H,9-12,14-16H2,1H3,(H,26,27)(H,28,31)(H,32,33)/t18?,20-,25?/m0/s1. The molecule has 37 heavy (non-hydrogen) atoms. The number of benzene rings is 1. The lowest BCUT2D eigenvalue weighted by atomic mass is 9.76. The maximum atomic E-state index is 12.7. The SMILES string of the molecule is Cc1ccccc1S(=O)(=O)N[C@@H](CNC(=O)C1=NOC2(CCC(CNc3ccccn3)CC2)C1)C(=O)O. The summed E-state index contributed by atoms with van der Waals surface area (Å²) in [4.78, 5) is 34.4. The van der Waals surface area contributed by atoms with E-state index in [1.165, 1.54) is 6.07 Å². The molecule has 4 rings (SSSR count). The Kier molecular flexibility index (Phi) is 8.08. The van der Waals surface area contributed by atoms with Crippen molar-refractivity contribution in [3.63, 3.8) is 0 Å². The lowest BCUT2D eigenvalue weighted by Gasteiger charge is -2.34. The van der Waals surface area contributed by atoms with Gasteiger partial charge in [0.25, 0.3) is 5.91 Å². The Hall–Kier alpha value is -3.51. The topological polar surface area (TPSA) is 159 Å². The van der Waals surface area contributed by atoms with Gasteiger partial charge in [-0.05, 0) is 62.3 Å². The van der Waals surface area contributed by atoms with Crippen molar-refractivity contribution in [2.75, 3.05) is 18.4 Å². The molecule has 1 fully saturated rings. The van der Waals surface area contributed by atoms with Crippen LogP contribution in [0, 0.1) is 12.8 Å². The van der Waals surface area contributed by atoms with E-state index >= 15 is 0 Å². The van der Waals surface area contributed by atoms with E-state index in [9.17, 15) is 23.1 Å². The second-order valence-electron chi connectivity index (χ2n) is 9.52. The van der Waals surface area contributed by atoms with Crippen LogP contribution in [0.15, 0.2) is 58.7 Å². The normalized spacial score (nSPS) is 22.1. The number of hydrogen-bond acceptors (Lipinski definition) is 8. The zero-order valence-corrected chi connectivity index (χ0v) is 21.3. The number of oxime groups is 1. The third-order valence-electron chi connectivity index (χ3n) is 6.80. The monoisotopic (exact) mass is 529 g/mol. The number of carbonyl (C=O) groups is 2. The Morgan fingerprint density at radius 1 is 1.16 bits per heavy atom. The van der Waals surface area contributed by atoms with E-state index in [0.717, 1.165) is 38.0 Å². The number of hydrogen-bond donors (Lipinski definition) is 4. The van der Waals surface area contributed by atoms with Gasteiger partial charge in [-0.3, -0.25) is 9.59 Å². The molecule has 4 N–H and O–H groups in total. The summed E-state index contributed by atoms with van der Waals surface area (Å²) in [6.45, 7) is 1.98. The fourth-order valence-corrected chi connectivity index (χ4v) is 6.06. The second-order valence-corrected chi connectivity index (χ2v) is 11.2. The van der Waals surface area contributed by atoms with Crippen molar-refractivity contribution in [1.29, 1.82) is 0 Å². The highest BCUT2D eigenvalue weighted by atomic mass is 32.2. The second kappa shape index (κ2) is 11.3. The molecule has 1 aliphatic carbocycles. The molecule has 0 bridgehead atoms. The van der Waals surface area contributed by atoms with Gasteiger partial charge in [-0.15, -0.1) is 0 Å². The van der Waals surface area contributed by atoms with Crippen LogP contribution in [-0.4, -0.2) is 60.8 Å². The number of carboxylic acid groups (broad SMARTS) is 1. The van der Waals surface area contributed by atoms with E-state index in [-0.39, 0.29) is 10.6 Å². The molecule has 1 aromatic heterocycles. The number of nitrogens with one attached hydrogen (secondary N) is 3. The van der Waals surface area contributed by atoms with Gasteiger partial charge in [0.15, 0.2) is 0 Å². The molecule has 1 aliphatic heterocycles. The van der Waals surface area contributed by atoms with E-state index in [0.29, 0.717) is 17.9 Å². The lowest BCUT2D eigenvalue weighted by molar-refractivity contribution is -0.138. The van der Waals surface area contributed by atoms with Crippen LogP contribution >= 0.6 is 0 Å². The molecule has 0 radical (unpaired) electrons. The van der Waals surface area contributed by atoms with Crippen molar-refractivity contribution >= 4 is 33.4 Å². The summed E-state index contributed by atoms with van der Waals surface area (Å²) in [5.74, 6) is -0.692. The number of carbonyl (C=O) groups excluding carboxylic acids is 1. The predicted octanol–water partition coefficient (Wildman–Crippen LogP) is 2.06. The van der Waals surface area contributed by atoms with Crippen molar-refractivity contribution < 1.29 is 28.0 Å². The average molecular weight is 530 g/mol. The number of nitrogens with zero attached hydrogens (tertiary/aromatic N) is 2. The summed E-state index contributed by atoms with van der Waals surface area (Å²) in [5, 5.41) is 19.3. The van der Waals surface area contributed by atoms with Crippen LogP contribution in [-0.2, 0) is 24.4 Å². The van der Waals surface area contributed by atoms with Gasteiger partial charge in [-0.25, -0.2) is 13.4 Å². The van der Waals surface area contributed by atoms with E-state index in [1.807, 2.05) is 18.2 Å². The average Bonchev–Trinajstić information content (AvgIpc) is 3.30. The summed E-state index contributed by atoms with van der Waals surface area (Å²) in [6, 6.07) is 10.4. The van der Waals surface area contributed by atoms with Gasteiger partial charge in [-0.2, -0.15) is 4.72 Å². The van der Waals surface area contributed by atoms with Gasteiger partial charge in [0, 0.05) is 25.7 Å². The molecular weight excluding hydrogens is 498 g/mol. The lowest BCUT2D eigenvalue weighted by Crippen LogP contribution is -2.49. The number of amides is 1. The fraction of sp³-hybridized carbons (Fsp3) is 0.440. The fourth-order valence-electron chi connectivity index (χ4n) is 4.62. The number of aromatic nitrogens is 1. The Morgan fingerprint density at radius 3 is 2.57 bits per heavy atom. The zero-order valence-electron chi connectivity index (χ0n) is 20.5. The Morgan fingerprint density at radius 2 is 1.89 bits per heavy atom. The van der Waals surface area contributed by atoms with E-state index in [4.69, 9.17) is 4.84 Å². The highest BCUT2D eigenvalue weighted by molar-refractivity contribution is 7.89. The number of sulfonamides is 1. The van der Waals surface area contributed by atoms with E-state index < -0.39 is 40.1 Å². The molecule has 12 heteroatoms. The number of anilines is 1. The quantitative estimate of drug-likeness (QED) is 0.364. The molecule has 2 heterocycles. The van der Waals surface area contributed by atoms with Crippen LogP contribution in [0.1, 0.15) is 37.7 Å². The number of carboxylic acids is 1. The molecule has 198 valence electrons. The largest absolute Gasteiger partial charge is 0.480 e. The minimum absolute atomic E-state index is 0.0195. The Balaban J connectivity index is 1.26. The molecule has 1 atom stereocenters. The van der Waals surface area contributed by atoms with E-state index in [1.54, 1.807) is 31.3 Å². The summed E-state index contributed by atoms with van der Waals surface area (Å²) < 4.78 is 27.5. The van der Waals surface area contributed by atoms with Gasteiger partial charge in [0.05, 0.1) is 4.90 Å². The molecular formula is C25H31N5O6S. The first-order valence-electron chi connectivity index (χ1n) is 12.2. The number of rotatable bonds is 10. The molecule has 1 spiro atoms. The van der Waals surface area contributed by atoms with Crippen molar-refractivity contribution in [3.8, 4) is 0 Å². The van der Waals surface area contributed by atoms with Crippen LogP contribution < -0.4 is 15.4 Å². The van der Waals surface area contributed by atoms with Gasteiger partial charge < -0.3 is 20.6 Å². The predicted molar refractivity (Wildman–Crippen MR) is 136 cm³/mol. The van der Waals surface area contributed by atoms with Crippen molar-refractivity contribution in [2.45, 2.75) is 55.6 Å². The van der Waals surface area contributed by atoms with Gasteiger partial charge in [0.2, 0.25) is 10.0 Å². The summed E-state index contributed by atoms with van der Waals surface area (Å²) in [5.41, 5.74) is 0.122. The molecule has 11 nitrogen and oxygen atoms in total. The third kappa shape index (κ3) is 6.63. The Labute approximate surface area is 215 Å². The van der Waals surface area contributed by atoms with Crippen LogP contribution in [0.2, 0.25) is 0 Å². The van der Waals surface area contributed by atoms with Gasteiger partial charge >= 0.3 is 5.97 Å². The molecule has 2 aromatic rings. The third-order valence-corrected chi connectivity index (χ3v) is 8.43. The van der Waals surface area contributed by atoms with Crippen LogP contribution in [0.4, 0.5) is 5.82 Å². The van der Waals surface area contributed by atoms with Gasteiger partial charge in [-0.1, -0.05) is 29.4 Å². The molecule has 2 aliphatic rings. The molecule has 0 saturated heterocycles. The molecule has 1 saturated carbocycles. The number of aryl methyl sites for hydroxylation is 1. The Bertz CT molecular complexity index is 1260. The smallest absolute Gasteiger partial charge is 0.323 e. The highest BCUT2D eigenvalue weighted by Gasteiger charge is 2.44. The first-order chi connectivity index (χ1) is 17.7. The van der Waals surface area contributed by atoms with E-state index in [2.05, 4.69) is 25.5 Å². The number of aliphatic carboxylic acids is 1. The summed E-state index contributed by atoms with van der Waals surface area (Å²) >= 11 is 0. The highest BCUT2D eigenvalue weighted by Crippen LogP contribution is 2.40. The first kappa shape index (κ1) is 26.6. The van der Waals surface area contributed by atoms with Gasteiger partial charge in [0.1, 0.15) is 23.2 Å². The van der Waals surface area contributed by atoms with Crippen molar-refractivity contribution in [1.82, 2.24) is 15.0 Å². The summed E-state index contributed by atoms with van der Waals surface area (Å²) in [6.07, 6.45) is 5.38. The molecule has 1 aromatic carbocycles. The minimum Gasteiger partial charge on any atom is -0.480 e. The number of pyridine rings is 1. The van der Waals surface area contributed by atoms with Crippen molar-refractivity contribution in [3.05, 3.63) is 54.2 Å². The maximum absolute atomic E-state index is 12.7. The maximum Gasteiger partial charge on any atom is 0.323 e. The molecule has 1 amide bonds. The summed E-state index contributed by atoms with van der Waals surface area (Å²) in [7, 11) is -4.10. The van der Waals surface area contributed by atoms with Crippen LogP contribution in [0.5, 0.6) is 0 Å². The minimum atomic E-state index is -4.10. The zero-order chi connectivity index (χ0) is 26.5. The molecule has 0 unspecified atom stereocenters. The first-order valence-corrected chi connectivity index (χ1v) is 13.6. The van der Waals surface area contributed by atoms with Crippen LogP contribution in [0.25, 0.3) is 0 Å². The van der Waals surface area contributed by atoms with Crippen molar-refractivity contribution in [2.24, 2.45) is 11.1 Å². The van der Waals surface area contributed by atoms with Crippen LogP contribution in [0.3, 0.4) is 0 Å².